The predicted octanol–water partition coefficient (Wildman–Crippen LogP) is 4.86. The fraction of sp³-hybridized carbons (Fsp3) is 0.368. The summed E-state index contributed by atoms with van der Waals surface area (Å²) in [6.07, 6.45) is -4.50. The average Bonchev–Trinajstić information content (AvgIpc) is 3.06. The number of aliphatic hydroxyl groups is 1. The molecular weight excluding hydrogens is 427 g/mol. The third-order valence-corrected chi connectivity index (χ3v) is 5.82. The van der Waals surface area contributed by atoms with Crippen molar-refractivity contribution in [1.29, 1.82) is 0 Å². The SMILES string of the molecule is Cc1ccc(C)c(OCC(O)CSc2nnc3c(Cl)cc(C(F)(F)F)cn23)c1C. The number of hydrogen-bond donors (Lipinski definition) is 1. The lowest BCUT2D eigenvalue weighted by atomic mass is 10.1. The van der Waals surface area contributed by atoms with Gasteiger partial charge >= 0.3 is 6.18 Å². The van der Waals surface area contributed by atoms with Gasteiger partial charge in [-0.3, -0.25) is 4.40 Å². The summed E-state index contributed by atoms with van der Waals surface area (Å²) in [7, 11) is 0. The number of benzene rings is 1. The van der Waals surface area contributed by atoms with Crippen molar-refractivity contribution >= 4 is 29.0 Å². The molecule has 1 aromatic carbocycles. The first-order chi connectivity index (χ1) is 13.6. The van der Waals surface area contributed by atoms with E-state index in [0.717, 1.165) is 46.5 Å². The molecule has 156 valence electrons. The normalized spacial score (nSPS) is 13.1. The van der Waals surface area contributed by atoms with Crippen molar-refractivity contribution in [3.63, 3.8) is 0 Å². The van der Waals surface area contributed by atoms with Crippen LogP contribution in [0.5, 0.6) is 5.75 Å². The van der Waals surface area contributed by atoms with Gasteiger partial charge in [0.25, 0.3) is 0 Å². The molecule has 0 bridgehead atoms. The van der Waals surface area contributed by atoms with Crippen LogP contribution in [0.3, 0.4) is 0 Å². The second kappa shape index (κ2) is 8.41. The minimum atomic E-state index is -4.54. The van der Waals surface area contributed by atoms with Crippen LogP contribution >= 0.6 is 23.4 Å². The average molecular weight is 446 g/mol. The number of thioether (sulfide) groups is 1. The molecule has 1 unspecified atom stereocenters. The highest BCUT2D eigenvalue weighted by Crippen LogP contribution is 2.33. The van der Waals surface area contributed by atoms with E-state index in [2.05, 4.69) is 10.2 Å². The Morgan fingerprint density at radius 1 is 1.21 bits per heavy atom. The second-order valence-electron chi connectivity index (χ2n) is 6.68. The third kappa shape index (κ3) is 4.79. The largest absolute Gasteiger partial charge is 0.490 e. The number of halogens is 4. The van der Waals surface area contributed by atoms with Gasteiger partial charge in [0.05, 0.1) is 16.7 Å². The van der Waals surface area contributed by atoms with E-state index >= 15 is 0 Å². The predicted molar refractivity (Wildman–Crippen MR) is 106 cm³/mol. The van der Waals surface area contributed by atoms with Crippen LogP contribution in [0.2, 0.25) is 5.02 Å². The Hall–Kier alpha value is -1.97. The number of alkyl halides is 3. The van der Waals surface area contributed by atoms with E-state index in [4.69, 9.17) is 16.3 Å². The van der Waals surface area contributed by atoms with Crippen LogP contribution in [-0.2, 0) is 6.18 Å². The summed E-state index contributed by atoms with van der Waals surface area (Å²) < 4.78 is 46.0. The van der Waals surface area contributed by atoms with Crippen molar-refractivity contribution in [1.82, 2.24) is 14.6 Å². The van der Waals surface area contributed by atoms with E-state index < -0.39 is 17.8 Å². The van der Waals surface area contributed by atoms with Crippen LogP contribution in [0.15, 0.2) is 29.6 Å². The lowest BCUT2D eigenvalue weighted by Gasteiger charge is -2.16. The highest BCUT2D eigenvalue weighted by Gasteiger charge is 2.32. The Morgan fingerprint density at radius 3 is 2.59 bits per heavy atom. The first-order valence-electron chi connectivity index (χ1n) is 8.70. The molecule has 0 aliphatic heterocycles. The molecule has 0 amide bonds. The maximum absolute atomic E-state index is 13.0. The van der Waals surface area contributed by atoms with Crippen LogP contribution in [-0.4, -0.2) is 38.2 Å². The van der Waals surface area contributed by atoms with Crippen LogP contribution in [0.25, 0.3) is 5.65 Å². The van der Waals surface area contributed by atoms with E-state index in [-0.39, 0.29) is 28.2 Å². The molecule has 3 rings (SSSR count). The molecule has 0 aliphatic rings. The standard InChI is InChI=1S/C19H19ClF3N3O2S/c1-10-4-5-11(2)16(12(10)3)28-8-14(27)9-29-18-25-24-17-15(20)6-13(7-26(17)18)19(21,22)23/h4-7,14,27H,8-9H2,1-3H3. The molecule has 0 fully saturated rings. The van der Waals surface area contributed by atoms with Crippen LogP contribution < -0.4 is 4.74 Å². The Labute approximate surface area is 174 Å². The van der Waals surface area contributed by atoms with Crippen molar-refractivity contribution < 1.29 is 23.0 Å². The monoisotopic (exact) mass is 445 g/mol. The van der Waals surface area contributed by atoms with Gasteiger partial charge in [-0.25, -0.2) is 0 Å². The highest BCUT2D eigenvalue weighted by molar-refractivity contribution is 7.99. The van der Waals surface area contributed by atoms with Gasteiger partial charge in [-0.15, -0.1) is 10.2 Å². The summed E-state index contributed by atoms with van der Waals surface area (Å²) in [4.78, 5) is 0. The summed E-state index contributed by atoms with van der Waals surface area (Å²) >= 11 is 6.97. The maximum Gasteiger partial charge on any atom is 0.417 e. The van der Waals surface area contributed by atoms with E-state index in [1.807, 2.05) is 32.9 Å². The molecule has 3 aromatic rings. The lowest BCUT2D eigenvalue weighted by molar-refractivity contribution is -0.137. The molecule has 0 radical (unpaired) electrons. The first-order valence-corrected chi connectivity index (χ1v) is 10.1. The van der Waals surface area contributed by atoms with Gasteiger partial charge in [-0.2, -0.15) is 13.2 Å². The number of rotatable bonds is 6. The summed E-state index contributed by atoms with van der Waals surface area (Å²) in [6, 6.07) is 4.76. The fourth-order valence-corrected chi connectivity index (χ4v) is 3.79. The number of ether oxygens (including phenoxy) is 1. The van der Waals surface area contributed by atoms with E-state index in [9.17, 15) is 18.3 Å². The molecule has 5 nitrogen and oxygen atoms in total. The van der Waals surface area contributed by atoms with Crippen LogP contribution in [0.1, 0.15) is 22.3 Å². The van der Waals surface area contributed by atoms with Crippen molar-refractivity contribution in [2.24, 2.45) is 0 Å². The zero-order chi connectivity index (χ0) is 21.3. The fourth-order valence-electron chi connectivity index (χ4n) is 2.73. The second-order valence-corrected chi connectivity index (χ2v) is 8.07. The molecule has 0 spiro atoms. The molecular formula is C19H19ClF3N3O2S. The van der Waals surface area contributed by atoms with E-state index in [0.29, 0.717) is 0 Å². The number of pyridine rings is 1. The van der Waals surface area contributed by atoms with Gasteiger partial charge in [-0.05, 0) is 43.5 Å². The first kappa shape index (κ1) is 21.7. The van der Waals surface area contributed by atoms with Crippen molar-refractivity contribution in [3.05, 3.63) is 51.7 Å². The summed E-state index contributed by atoms with van der Waals surface area (Å²) in [5.74, 6) is 0.891. The third-order valence-electron chi connectivity index (χ3n) is 4.45. The topological polar surface area (TPSA) is 59.7 Å². The van der Waals surface area contributed by atoms with Crippen LogP contribution in [0.4, 0.5) is 13.2 Å². The minimum absolute atomic E-state index is 0.0451. The Morgan fingerprint density at radius 2 is 1.90 bits per heavy atom. The Bertz CT molecular complexity index is 1040. The van der Waals surface area contributed by atoms with Gasteiger partial charge < -0.3 is 9.84 Å². The van der Waals surface area contributed by atoms with Gasteiger partial charge in [-0.1, -0.05) is 35.5 Å². The smallest absolute Gasteiger partial charge is 0.417 e. The Kier molecular flexibility index (Phi) is 6.30. The highest BCUT2D eigenvalue weighted by atomic mass is 35.5. The molecule has 0 saturated heterocycles. The van der Waals surface area contributed by atoms with Crippen molar-refractivity contribution in [3.8, 4) is 5.75 Å². The van der Waals surface area contributed by atoms with E-state index in [1.165, 1.54) is 4.40 Å². The summed E-state index contributed by atoms with van der Waals surface area (Å²) in [6.45, 7) is 5.89. The number of hydrogen-bond acceptors (Lipinski definition) is 5. The molecule has 2 heterocycles. The number of aliphatic hydroxyl groups excluding tert-OH is 1. The van der Waals surface area contributed by atoms with Crippen molar-refractivity contribution in [2.75, 3.05) is 12.4 Å². The van der Waals surface area contributed by atoms with Crippen molar-refractivity contribution in [2.45, 2.75) is 38.2 Å². The lowest BCUT2D eigenvalue weighted by Crippen LogP contribution is -2.21. The van der Waals surface area contributed by atoms with Gasteiger partial charge in [0, 0.05) is 11.9 Å². The number of fused-ring (bicyclic) bond motifs is 1. The zero-order valence-corrected chi connectivity index (χ0v) is 17.5. The summed E-state index contributed by atoms with van der Waals surface area (Å²) in [5.41, 5.74) is 2.28. The zero-order valence-electron chi connectivity index (χ0n) is 15.9. The number of nitrogens with zero attached hydrogens (tertiary/aromatic N) is 3. The van der Waals surface area contributed by atoms with Gasteiger partial charge in [0.2, 0.25) is 0 Å². The molecule has 2 aromatic heterocycles. The molecule has 1 atom stereocenters. The minimum Gasteiger partial charge on any atom is -0.490 e. The molecule has 1 N–H and O–H groups in total. The molecule has 10 heteroatoms. The number of aryl methyl sites for hydroxylation is 2. The van der Waals surface area contributed by atoms with Crippen LogP contribution in [0, 0.1) is 20.8 Å². The maximum atomic E-state index is 13.0. The summed E-state index contributed by atoms with van der Waals surface area (Å²) in [5, 5.41) is 18.0. The van der Waals surface area contributed by atoms with E-state index in [1.54, 1.807) is 0 Å². The van der Waals surface area contributed by atoms with Gasteiger partial charge in [0.1, 0.15) is 12.4 Å². The quantitative estimate of drug-likeness (QED) is 0.549. The molecule has 0 aliphatic carbocycles. The number of aromatic nitrogens is 3. The van der Waals surface area contributed by atoms with Gasteiger partial charge in [0.15, 0.2) is 10.8 Å². The Balaban J connectivity index is 1.69. The molecule has 0 saturated carbocycles. The molecule has 29 heavy (non-hydrogen) atoms.